The van der Waals surface area contributed by atoms with E-state index in [2.05, 4.69) is 6.58 Å². The number of nitrogens with zero attached hydrogens (tertiary/aromatic N) is 3. The standard InChI is InChI=1S/C23H24FN3O4/c1-5-16-7-6-8-19(27(30)31)18(16)13-20-21(28)26(4)23(2,22(29)25(20)3)14-15-9-11-17(24)12-10-15/h5-12,20H,1,13-14H2,2-4H3. The van der Waals surface area contributed by atoms with Crippen LogP contribution in [-0.4, -0.2) is 52.2 Å². The topological polar surface area (TPSA) is 83.8 Å². The first-order valence-corrected chi connectivity index (χ1v) is 9.78. The zero-order valence-electron chi connectivity index (χ0n) is 17.7. The summed E-state index contributed by atoms with van der Waals surface area (Å²) in [5.41, 5.74) is 0.343. The highest BCUT2D eigenvalue weighted by Gasteiger charge is 2.51. The Labute approximate surface area is 179 Å². The first-order chi connectivity index (χ1) is 14.6. The Morgan fingerprint density at radius 3 is 2.42 bits per heavy atom. The maximum absolute atomic E-state index is 13.4. The number of hydrogen-bond donors (Lipinski definition) is 0. The number of amides is 2. The molecule has 0 spiro atoms. The molecule has 2 aromatic carbocycles. The van der Waals surface area contributed by atoms with Gasteiger partial charge in [0.1, 0.15) is 17.4 Å². The van der Waals surface area contributed by atoms with Gasteiger partial charge in [-0.1, -0.05) is 36.9 Å². The van der Waals surface area contributed by atoms with E-state index in [0.717, 1.165) is 5.56 Å². The molecule has 162 valence electrons. The van der Waals surface area contributed by atoms with Crippen molar-refractivity contribution in [2.75, 3.05) is 14.1 Å². The largest absolute Gasteiger partial charge is 0.331 e. The number of nitro groups is 1. The van der Waals surface area contributed by atoms with Crippen LogP contribution in [0.25, 0.3) is 6.08 Å². The monoisotopic (exact) mass is 425 g/mol. The second-order valence-electron chi connectivity index (χ2n) is 7.92. The van der Waals surface area contributed by atoms with Crippen molar-refractivity contribution in [1.29, 1.82) is 0 Å². The number of hydrogen-bond acceptors (Lipinski definition) is 4. The zero-order valence-corrected chi connectivity index (χ0v) is 17.7. The molecule has 7 nitrogen and oxygen atoms in total. The Bertz CT molecular complexity index is 1050. The number of halogens is 1. The van der Waals surface area contributed by atoms with Gasteiger partial charge in [0.2, 0.25) is 11.8 Å². The van der Waals surface area contributed by atoms with Crippen LogP contribution in [0.5, 0.6) is 0 Å². The highest BCUT2D eigenvalue weighted by Crippen LogP contribution is 2.32. The SMILES string of the molecule is C=Cc1cccc([N+](=O)[O-])c1CC1C(=O)N(C)C(C)(Cc2ccc(F)cc2)C(=O)N1C. The maximum atomic E-state index is 13.4. The van der Waals surface area contributed by atoms with Gasteiger partial charge in [-0.25, -0.2) is 4.39 Å². The molecule has 2 aromatic rings. The number of piperazine rings is 1. The molecule has 0 aromatic heterocycles. The van der Waals surface area contributed by atoms with Gasteiger partial charge in [0.25, 0.3) is 5.69 Å². The third kappa shape index (κ3) is 3.93. The minimum atomic E-state index is -1.16. The maximum Gasteiger partial charge on any atom is 0.273 e. The van der Waals surface area contributed by atoms with Gasteiger partial charge in [-0.2, -0.15) is 0 Å². The Morgan fingerprint density at radius 2 is 1.84 bits per heavy atom. The molecule has 2 unspecified atom stereocenters. The van der Waals surface area contributed by atoms with Gasteiger partial charge in [0.15, 0.2) is 0 Å². The molecule has 1 fully saturated rings. The van der Waals surface area contributed by atoms with Crippen LogP contribution in [0, 0.1) is 15.9 Å². The summed E-state index contributed by atoms with van der Waals surface area (Å²) in [5, 5.41) is 11.5. The molecule has 2 atom stereocenters. The number of rotatable bonds is 6. The number of nitro benzene ring substituents is 1. The van der Waals surface area contributed by atoms with Crippen LogP contribution in [0.4, 0.5) is 10.1 Å². The predicted molar refractivity (Wildman–Crippen MR) is 115 cm³/mol. The summed E-state index contributed by atoms with van der Waals surface area (Å²) >= 11 is 0. The van der Waals surface area contributed by atoms with E-state index >= 15 is 0 Å². The lowest BCUT2D eigenvalue weighted by molar-refractivity contribution is -0.385. The van der Waals surface area contributed by atoms with Crippen molar-refractivity contribution >= 4 is 23.6 Å². The Hall–Kier alpha value is -3.55. The van der Waals surface area contributed by atoms with Crippen LogP contribution in [0.2, 0.25) is 0 Å². The summed E-state index contributed by atoms with van der Waals surface area (Å²) < 4.78 is 13.3. The molecule has 1 aliphatic heterocycles. The normalized spacial score (nSPS) is 21.4. The summed E-state index contributed by atoms with van der Waals surface area (Å²) in [7, 11) is 3.08. The van der Waals surface area contributed by atoms with Crippen molar-refractivity contribution in [3.63, 3.8) is 0 Å². The summed E-state index contributed by atoms with van der Waals surface area (Å²) in [6.45, 7) is 5.37. The van der Waals surface area contributed by atoms with Crippen LogP contribution < -0.4 is 0 Å². The molecule has 0 radical (unpaired) electrons. The third-order valence-electron chi connectivity index (χ3n) is 6.07. The fourth-order valence-corrected chi connectivity index (χ4v) is 4.09. The van der Waals surface area contributed by atoms with Gasteiger partial charge in [0.05, 0.1) is 4.92 Å². The molecule has 3 rings (SSSR count). The van der Waals surface area contributed by atoms with Gasteiger partial charge >= 0.3 is 0 Å². The molecule has 1 aliphatic rings. The van der Waals surface area contributed by atoms with E-state index in [4.69, 9.17) is 0 Å². The van der Waals surface area contributed by atoms with E-state index in [1.807, 2.05) is 0 Å². The van der Waals surface area contributed by atoms with Crippen LogP contribution in [0.1, 0.15) is 23.6 Å². The van der Waals surface area contributed by atoms with Crippen LogP contribution in [0.3, 0.4) is 0 Å². The van der Waals surface area contributed by atoms with E-state index in [0.29, 0.717) is 11.1 Å². The predicted octanol–water partition coefficient (Wildman–Crippen LogP) is 3.22. The average Bonchev–Trinajstić information content (AvgIpc) is 2.75. The Morgan fingerprint density at radius 1 is 1.19 bits per heavy atom. The highest BCUT2D eigenvalue weighted by atomic mass is 19.1. The number of likely N-dealkylation sites (N-methyl/N-ethyl adjacent to an activating group) is 2. The Kier molecular flexibility index (Phi) is 5.92. The molecule has 31 heavy (non-hydrogen) atoms. The van der Waals surface area contributed by atoms with E-state index in [1.165, 1.54) is 41.1 Å². The summed E-state index contributed by atoms with van der Waals surface area (Å²) in [6.07, 6.45) is 1.71. The van der Waals surface area contributed by atoms with Crippen LogP contribution in [-0.2, 0) is 22.4 Å². The van der Waals surface area contributed by atoms with Crippen molar-refractivity contribution < 1.29 is 18.9 Å². The average molecular weight is 425 g/mol. The molecule has 8 heteroatoms. The second kappa shape index (κ2) is 8.29. The molecule has 1 heterocycles. The van der Waals surface area contributed by atoms with Crippen molar-refractivity contribution in [2.45, 2.75) is 31.3 Å². The number of benzene rings is 2. The van der Waals surface area contributed by atoms with Crippen LogP contribution in [0.15, 0.2) is 49.0 Å². The molecular formula is C23H24FN3O4. The fraction of sp³-hybridized carbons (Fsp3) is 0.304. The lowest BCUT2D eigenvalue weighted by atomic mass is 9.84. The third-order valence-corrected chi connectivity index (χ3v) is 6.07. The van der Waals surface area contributed by atoms with Gasteiger partial charge in [-0.15, -0.1) is 0 Å². The van der Waals surface area contributed by atoms with E-state index < -0.39 is 16.5 Å². The fourth-order valence-electron chi connectivity index (χ4n) is 4.09. The van der Waals surface area contributed by atoms with Gasteiger partial charge in [0, 0.05) is 38.6 Å². The molecule has 0 bridgehead atoms. The van der Waals surface area contributed by atoms with Crippen molar-refractivity contribution in [2.24, 2.45) is 0 Å². The van der Waals surface area contributed by atoms with Gasteiger partial charge in [-0.05, 0) is 30.2 Å². The smallest absolute Gasteiger partial charge is 0.273 e. The molecule has 1 saturated heterocycles. The van der Waals surface area contributed by atoms with E-state index in [1.54, 1.807) is 38.2 Å². The quantitative estimate of drug-likeness (QED) is 0.526. The van der Waals surface area contributed by atoms with Crippen LogP contribution >= 0.6 is 0 Å². The highest BCUT2D eigenvalue weighted by molar-refractivity contribution is 5.99. The molecule has 0 N–H and O–H groups in total. The van der Waals surface area contributed by atoms with Crippen molar-refractivity contribution in [3.05, 3.63) is 81.7 Å². The lowest BCUT2D eigenvalue weighted by Gasteiger charge is -2.48. The molecule has 0 aliphatic carbocycles. The Balaban J connectivity index is 1.95. The lowest BCUT2D eigenvalue weighted by Crippen LogP contribution is -2.69. The zero-order chi connectivity index (χ0) is 22.9. The minimum Gasteiger partial charge on any atom is -0.331 e. The number of carbonyl (C=O) groups excluding carboxylic acids is 2. The molecule has 0 saturated carbocycles. The second-order valence-corrected chi connectivity index (χ2v) is 7.92. The van der Waals surface area contributed by atoms with E-state index in [-0.39, 0.29) is 36.2 Å². The molecular weight excluding hydrogens is 401 g/mol. The van der Waals surface area contributed by atoms with E-state index in [9.17, 15) is 24.1 Å². The molecule has 2 amide bonds. The summed E-state index contributed by atoms with van der Waals surface area (Å²) in [4.78, 5) is 40.4. The van der Waals surface area contributed by atoms with Gasteiger partial charge < -0.3 is 9.80 Å². The summed E-state index contributed by atoms with van der Waals surface area (Å²) in [5.74, 6) is -0.990. The first-order valence-electron chi connectivity index (χ1n) is 9.78. The van der Waals surface area contributed by atoms with Crippen molar-refractivity contribution in [3.8, 4) is 0 Å². The van der Waals surface area contributed by atoms with Gasteiger partial charge in [-0.3, -0.25) is 19.7 Å². The summed E-state index contributed by atoms with van der Waals surface area (Å²) in [6, 6.07) is 9.52. The minimum absolute atomic E-state index is 0.00342. The first kappa shape index (κ1) is 22.1. The van der Waals surface area contributed by atoms with Crippen molar-refractivity contribution in [1.82, 2.24) is 9.80 Å². The number of carbonyl (C=O) groups is 2.